The van der Waals surface area contributed by atoms with Crippen LogP contribution in [0.25, 0.3) is 0 Å². The van der Waals surface area contributed by atoms with Crippen molar-refractivity contribution >= 4 is 23.5 Å². The summed E-state index contributed by atoms with van der Waals surface area (Å²) in [6, 6.07) is 0. The van der Waals surface area contributed by atoms with Crippen LogP contribution < -0.4 is 5.73 Å². The van der Waals surface area contributed by atoms with Gasteiger partial charge in [0.2, 0.25) is 5.91 Å². The van der Waals surface area contributed by atoms with E-state index >= 15 is 0 Å². The van der Waals surface area contributed by atoms with E-state index in [2.05, 4.69) is 19.0 Å². The number of likely N-dealkylation sites (tertiary alicyclic amines) is 1. The molecule has 3 N–H and O–H groups in total. The second-order valence-electron chi connectivity index (χ2n) is 6.94. The van der Waals surface area contributed by atoms with Crippen molar-refractivity contribution in [2.75, 3.05) is 19.3 Å². The molecule has 0 spiro atoms. The first-order chi connectivity index (χ1) is 9.86. The Kier molecular flexibility index (Phi) is 4.76. The lowest BCUT2D eigenvalue weighted by atomic mass is 9.80. The van der Waals surface area contributed by atoms with Crippen LogP contribution in [0.5, 0.6) is 0 Å². The highest BCUT2D eigenvalue weighted by Crippen LogP contribution is 2.44. The molecule has 6 heteroatoms. The highest BCUT2D eigenvalue weighted by molar-refractivity contribution is 8.00. The van der Waals surface area contributed by atoms with Gasteiger partial charge in [-0.15, -0.1) is 0 Å². The predicted octanol–water partition coefficient (Wildman–Crippen LogP) is 2.28. The molecule has 5 nitrogen and oxygen atoms in total. The summed E-state index contributed by atoms with van der Waals surface area (Å²) in [6.45, 7) is 5.80. The quantitative estimate of drug-likeness (QED) is 0.363. The third-order valence-corrected chi connectivity index (χ3v) is 6.80. The molecule has 0 aromatic heterocycles. The van der Waals surface area contributed by atoms with Gasteiger partial charge in [0.05, 0.1) is 4.75 Å². The molecule has 2 fully saturated rings. The molecule has 1 aliphatic heterocycles. The van der Waals surface area contributed by atoms with Gasteiger partial charge in [0.15, 0.2) is 5.84 Å². The van der Waals surface area contributed by atoms with Crippen molar-refractivity contribution in [1.29, 1.82) is 0 Å². The van der Waals surface area contributed by atoms with Crippen LogP contribution in [0.1, 0.15) is 46.0 Å². The van der Waals surface area contributed by atoms with Gasteiger partial charge in [-0.3, -0.25) is 4.79 Å². The largest absolute Gasteiger partial charge is 0.409 e. The van der Waals surface area contributed by atoms with Crippen molar-refractivity contribution in [2.24, 2.45) is 22.2 Å². The van der Waals surface area contributed by atoms with Gasteiger partial charge in [-0.2, -0.15) is 11.8 Å². The fourth-order valence-corrected chi connectivity index (χ4v) is 4.59. The highest BCUT2D eigenvalue weighted by atomic mass is 32.2. The van der Waals surface area contributed by atoms with Crippen LogP contribution in [-0.4, -0.2) is 45.9 Å². The van der Waals surface area contributed by atoms with E-state index in [1.807, 2.05) is 11.2 Å². The average Bonchev–Trinajstić information content (AvgIpc) is 2.85. The molecule has 1 saturated carbocycles. The number of oxime groups is 1. The number of piperidine rings is 1. The fourth-order valence-electron chi connectivity index (χ4n) is 3.75. The molecule has 120 valence electrons. The van der Waals surface area contributed by atoms with Crippen molar-refractivity contribution in [3.63, 3.8) is 0 Å². The minimum atomic E-state index is -0.323. The topological polar surface area (TPSA) is 78.9 Å². The number of nitrogens with two attached hydrogens (primary N) is 1. The Balaban J connectivity index is 2.02. The zero-order chi connectivity index (χ0) is 15.7. The van der Waals surface area contributed by atoms with Crippen LogP contribution in [-0.2, 0) is 4.79 Å². The van der Waals surface area contributed by atoms with Crippen LogP contribution in [0, 0.1) is 11.3 Å². The van der Waals surface area contributed by atoms with E-state index in [-0.39, 0.29) is 21.9 Å². The lowest BCUT2D eigenvalue weighted by Crippen LogP contribution is -2.53. The molecular formula is C15H27N3O2S. The summed E-state index contributed by atoms with van der Waals surface area (Å²) >= 11 is 1.62. The summed E-state index contributed by atoms with van der Waals surface area (Å²) in [5.41, 5.74) is 5.98. The van der Waals surface area contributed by atoms with Crippen LogP contribution in [0.3, 0.4) is 0 Å². The number of hydrogen-bond acceptors (Lipinski definition) is 4. The maximum absolute atomic E-state index is 12.8. The molecule has 1 atom stereocenters. The van der Waals surface area contributed by atoms with E-state index in [1.54, 1.807) is 11.8 Å². The molecule has 1 unspecified atom stereocenters. The van der Waals surface area contributed by atoms with Gasteiger partial charge in [-0.25, -0.2) is 0 Å². The summed E-state index contributed by atoms with van der Waals surface area (Å²) < 4.78 is -0.323. The summed E-state index contributed by atoms with van der Waals surface area (Å²) in [5.74, 6) is 0.734. The minimum absolute atomic E-state index is 0.122. The van der Waals surface area contributed by atoms with E-state index in [9.17, 15) is 4.79 Å². The second kappa shape index (κ2) is 6.07. The molecule has 2 rings (SSSR count). The summed E-state index contributed by atoms with van der Waals surface area (Å²) in [7, 11) is 0. The van der Waals surface area contributed by atoms with Crippen molar-refractivity contribution in [1.82, 2.24) is 4.90 Å². The van der Waals surface area contributed by atoms with Crippen LogP contribution in [0.15, 0.2) is 5.16 Å². The number of amides is 1. The first-order valence-corrected chi connectivity index (χ1v) is 8.91. The van der Waals surface area contributed by atoms with E-state index in [0.29, 0.717) is 19.0 Å². The highest BCUT2D eigenvalue weighted by Gasteiger charge is 2.44. The maximum Gasteiger partial charge on any atom is 0.226 e. The van der Waals surface area contributed by atoms with Crippen LogP contribution >= 0.6 is 11.8 Å². The maximum atomic E-state index is 12.8. The number of rotatable bonds is 3. The van der Waals surface area contributed by atoms with E-state index in [4.69, 9.17) is 10.9 Å². The Bertz CT molecular complexity index is 429. The van der Waals surface area contributed by atoms with E-state index < -0.39 is 0 Å². The number of hydrogen-bond donors (Lipinski definition) is 2. The number of amidine groups is 1. The zero-order valence-electron chi connectivity index (χ0n) is 13.3. The Morgan fingerprint density at radius 1 is 1.33 bits per heavy atom. The molecule has 2 aliphatic rings. The lowest BCUT2D eigenvalue weighted by Gasteiger charge is -2.41. The van der Waals surface area contributed by atoms with Gasteiger partial charge in [-0.1, -0.05) is 25.4 Å². The molecule has 1 aliphatic carbocycles. The first-order valence-electron chi connectivity index (χ1n) is 7.68. The standard InChI is InChI=1S/C15H27N3O2S/c1-14(2)6-4-5-11(14)12(19)18-9-7-15(21-3,8-10-18)13(16)17-20/h11,20H,4-10H2,1-3H3,(H2,16,17). The van der Waals surface area contributed by atoms with Gasteiger partial charge in [-0.05, 0) is 37.4 Å². The third kappa shape index (κ3) is 3.00. The molecule has 0 bridgehead atoms. The molecular weight excluding hydrogens is 286 g/mol. The number of thioether (sulfide) groups is 1. The molecule has 0 aromatic rings. The SMILES string of the molecule is CSC1(C(N)=NO)CCN(C(=O)C2CCCC2(C)C)CC1. The van der Waals surface area contributed by atoms with Gasteiger partial charge in [0.25, 0.3) is 0 Å². The zero-order valence-corrected chi connectivity index (χ0v) is 14.1. The average molecular weight is 313 g/mol. The molecule has 21 heavy (non-hydrogen) atoms. The Morgan fingerprint density at radius 2 is 1.95 bits per heavy atom. The third-order valence-electron chi connectivity index (χ3n) is 5.40. The molecule has 1 amide bonds. The Hall–Kier alpha value is -0.910. The normalized spacial score (nSPS) is 28.6. The summed E-state index contributed by atoms with van der Waals surface area (Å²) in [6.07, 6.45) is 6.78. The van der Waals surface area contributed by atoms with Crippen LogP contribution in [0.2, 0.25) is 0 Å². The van der Waals surface area contributed by atoms with Gasteiger partial charge < -0.3 is 15.8 Å². The van der Waals surface area contributed by atoms with Crippen molar-refractivity contribution in [2.45, 2.75) is 50.7 Å². The number of nitrogens with zero attached hydrogens (tertiary/aromatic N) is 2. The monoisotopic (exact) mass is 313 g/mol. The number of carbonyl (C=O) groups excluding carboxylic acids is 1. The molecule has 0 radical (unpaired) electrons. The number of carbonyl (C=O) groups is 1. The molecule has 1 heterocycles. The lowest BCUT2D eigenvalue weighted by molar-refractivity contribution is -0.139. The van der Waals surface area contributed by atoms with Gasteiger partial charge in [0, 0.05) is 19.0 Å². The first kappa shape index (κ1) is 16.5. The predicted molar refractivity (Wildman–Crippen MR) is 86.6 cm³/mol. The molecule has 0 aromatic carbocycles. The van der Waals surface area contributed by atoms with E-state index in [0.717, 1.165) is 32.1 Å². The minimum Gasteiger partial charge on any atom is -0.409 e. The van der Waals surface area contributed by atoms with Crippen molar-refractivity contribution < 1.29 is 10.0 Å². The van der Waals surface area contributed by atoms with Crippen molar-refractivity contribution in [3.8, 4) is 0 Å². The van der Waals surface area contributed by atoms with Gasteiger partial charge >= 0.3 is 0 Å². The van der Waals surface area contributed by atoms with Gasteiger partial charge in [0.1, 0.15) is 0 Å². The Morgan fingerprint density at radius 3 is 2.38 bits per heavy atom. The fraction of sp³-hybridized carbons (Fsp3) is 0.867. The Labute approximate surface area is 131 Å². The summed E-state index contributed by atoms with van der Waals surface area (Å²) in [4.78, 5) is 14.7. The second-order valence-corrected chi connectivity index (χ2v) is 8.13. The van der Waals surface area contributed by atoms with Crippen LogP contribution in [0.4, 0.5) is 0 Å². The smallest absolute Gasteiger partial charge is 0.226 e. The summed E-state index contributed by atoms with van der Waals surface area (Å²) in [5, 5.41) is 12.2. The van der Waals surface area contributed by atoms with E-state index in [1.165, 1.54) is 0 Å². The van der Waals surface area contributed by atoms with Crippen molar-refractivity contribution in [3.05, 3.63) is 0 Å². The molecule has 1 saturated heterocycles.